The predicted molar refractivity (Wildman–Crippen MR) is 353 cm³/mol. The third-order valence-electron chi connectivity index (χ3n) is 15.0. The summed E-state index contributed by atoms with van der Waals surface area (Å²) in [5.74, 6) is -0.903. The Bertz CT molecular complexity index is 1580. The molecule has 0 aromatic rings. The highest BCUT2D eigenvalue weighted by Gasteiger charge is 2.19. The van der Waals surface area contributed by atoms with Gasteiger partial charge in [0.05, 0.1) is 0 Å². The van der Waals surface area contributed by atoms with E-state index < -0.39 is 6.10 Å². The maximum absolute atomic E-state index is 12.9. The van der Waals surface area contributed by atoms with E-state index in [0.29, 0.717) is 19.3 Å². The molecule has 0 radical (unpaired) electrons. The van der Waals surface area contributed by atoms with Crippen LogP contribution >= 0.6 is 0 Å². The molecule has 0 spiro atoms. The van der Waals surface area contributed by atoms with Gasteiger partial charge in [0.15, 0.2) is 6.10 Å². The number of unbranched alkanes of at least 4 members (excludes halogenated alkanes) is 36. The Morgan fingerprint density at radius 1 is 0.247 bits per heavy atom. The van der Waals surface area contributed by atoms with Gasteiger partial charge in [-0.2, -0.15) is 0 Å². The summed E-state index contributed by atoms with van der Waals surface area (Å²) in [6.07, 6.45) is 92.8. The lowest BCUT2D eigenvalue weighted by Crippen LogP contribution is -2.30. The topological polar surface area (TPSA) is 78.9 Å². The van der Waals surface area contributed by atoms with Gasteiger partial charge >= 0.3 is 17.9 Å². The summed E-state index contributed by atoms with van der Waals surface area (Å²) in [6.45, 7) is 6.60. The summed E-state index contributed by atoms with van der Waals surface area (Å²) in [4.78, 5) is 38.4. The predicted octanol–water partition coefficient (Wildman–Crippen LogP) is 24.0. The van der Waals surface area contributed by atoms with Crippen LogP contribution in [0.1, 0.15) is 342 Å². The van der Waals surface area contributed by atoms with Gasteiger partial charge in [-0.25, -0.2) is 0 Å². The Balaban J connectivity index is 4.36. The van der Waals surface area contributed by atoms with Gasteiger partial charge in [0.1, 0.15) is 13.2 Å². The third-order valence-corrected chi connectivity index (χ3v) is 15.0. The maximum Gasteiger partial charge on any atom is 0.306 e. The van der Waals surface area contributed by atoms with Crippen molar-refractivity contribution in [2.75, 3.05) is 13.2 Å². The Morgan fingerprint density at radius 2 is 0.444 bits per heavy atom. The molecule has 0 bridgehead atoms. The van der Waals surface area contributed by atoms with Crippen molar-refractivity contribution in [1.82, 2.24) is 0 Å². The highest BCUT2D eigenvalue weighted by molar-refractivity contribution is 5.71. The van der Waals surface area contributed by atoms with Gasteiger partial charge in [-0.3, -0.25) is 14.4 Å². The second-order valence-electron chi connectivity index (χ2n) is 23.1. The van der Waals surface area contributed by atoms with Crippen molar-refractivity contribution in [2.45, 2.75) is 348 Å². The molecule has 0 fully saturated rings. The van der Waals surface area contributed by atoms with E-state index in [4.69, 9.17) is 14.2 Å². The standard InChI is InChI=1S/C75H130O6/c1-4-7-10-13-16-19-22-25-28-30-32-34-35-36-37-38-39-41-42-44-47-50-53-56-59-62-65-68-74(77)80-71-72(70-79-73(76)67-64-61-58-55-52-49-46-27-24-21-18-15-12-9-6-3)81-75(78)69-66-63-60-57-54-51-48-45-43-40-33-31-29-26-23-20-17-14-11-8-5-2/h18,21-23,25-27,30-33,35-36,43,45-46,72H,4-17,19-20,24,28-29,34,37-42,44,47-71H2,1-3H3/b21-18-,25-22-,26-23-,32-30-,33-31-,36-35-,45-43-,46-27-. The molecule has 6 heteroatoms. The molecule has 0 saturated carbocycles. The summed E-state index contributed by atoms with van der Waals surface area (Å²) in [7, 11) is 0. The average Bonchev–Trinajstić information content (AvgIpc) is 3.47. The Hall–Kier alpha value is -3.67. The van der Waals surface area contributed by atoms with E-state index in [0.717, 1.165) is 122 Å². The van der Waals surface area contributed by atoms with Crippen molar-refractivity contribution >= 4 is 17.9 Å². The van der Waals surface area contributed by atoms with E-state index >= 15 is 0 Å². The normalized spacial score (nSPS) is 12.7. The summed E-state index contributed by atoms with van der Waals surface area (Å²) in [5.41, 5.74) is 0. The van der Waals surface area contributed by atoms with Gasteiger partial charge < -0.3 is 14.2 Å². The minimum atomic E-state index is -0.794. The number of ether oxygens (including phenoxy) is 3. The van der Waals surface area contributed by atoms with Crippen molar-refractivity contribution in [3.8, 4) is 0 Å². The first-order valence-electron chi connectivity index (χ1n) is 34.7. The van der Waals surface area contributed by atoms with Crippen LogP contribution in [0.5, 0.6) is 0 Å². The van der Waals surface area contributed by atoms with E-state index in [1.165, 1.54) is 180 Å². The first-order chi connectivity index (χ1) is 40.0. The van der Waals surface area contributed by atoms with Crippen LogP contribution < -0.4 is 0 Å². The molecule has 0 heterocycles. The SMILES string of the molecule is CCCCC/C=C\C/C=C\CCCCCCCC(=O)OCC(COC(=O)CCCCCCCCCCCCCC/C=C\C/C=C\C/C=C\CCCCCCC)OC(=O)CCCCCCCC/C=C\C/C=C\C/C=C\CCCCCCC. The lowest BCUT2D eigenvalue weighted by Gasteiger charge is -2.18. The van der Waals surface area contributed by atoms with Gasteiger partial charge in [0.25, 0.3) is 0 Å². The molecule has 0 amide bonds. The van der Waals surface area contributed by atoms with Gasteiger partial charge in [0.2, 0.25) is 0 Å². The van der Waals surface area contributed by atoms with Crippen molar-refractivity contribution in [2.24, 2.45) is 0 Å². The molecular formula is C75H130O6. The largest absolute Gasteiger partial charge is 0.462 e. The first-order valence-corrected chi connectivity index (χ1v) is 34.7. The molecular weight excluding hydrogens is 997 g/mol. The zero-order valence-corrected chi connectivity index (χ0v) is 53.5. The smallest absolute Gasteiger partial charge is 0.306 e. The number of hydrogen-bond donors (Lipinski definition) is 0. The first kappa shape index (κ1) is 77.3. The number of carbonyl (C=O) groups excluding carboxylic acids is 3. The molecule has 1 atom stereocenters. The summed E-state index contributed by atoms with van der Waals surface area (Å²) in [6, 6.07) is 0. The summed E-state index contributed by atoms with van der Waals surface area (Å²) in [5, 5.41) is 0. The van der Waals surface area contributed by atoms with Crippen molar-refractivity contribution in [3.63, 3.8) is 0 Å². The van der Waals surface area contributed by atoms with Gasteiger partial charge in [-0.1, -0.05) is 291 Å². The van der Waals surface area contributed by atoms with Crippen LogP contribution in [0.4, 0.5) is 0 Å². The average molecular weight is 1130 g/mol. The van der Waals surface area contributed by atoms with Crippen molar-refractivity contribution < 1.29 is 28.6 Å². The number of hydrogen-bond acceptors (Lipinski definition) is 6. The molecule has 0 aliphatic carbocycles. The zero-order chi connectivity index (χ0) is 58.5. The molecule has 0 aromatic heterocycles. The molecule has 0 aliphatic heterocycles. The zero-order valence-electron chi connectivity index (χ0n) is 53.5. The van der Waals surface area contributed by atoms with Crippen LogP contribution in [0.25, 0.3) is 0 Å². The number of carbonyl (C=O) groups is 3. The van der Waals surface area contributed by atoms with Crippen molar-refractivity contribution in [3.05, 3.63) is 97.2 Å². The van der Waals surface area contributed by atoms with E-state index in [1.807, 2.05) is 0 Å². The summed E-state index contributed by atoms with van der Waals surface area (Å²) >= 11 is 0. The molecule has 0 N–H and O–H groups in total. The number of rotatable bonds is 63. The monoisotopic (exact) mass is 1130 g/mol. The molecule has 1 unspecified atom stereocenters. The minimum Gasteiger partial charge on any atom is -0.462 e. The van der Waals surface area contributed by atoms with E-state index in [2.05, 4.69) is 118 Å². The van der Waals surface area contributed by atoms with E-state index in [9.17, 15) is 14.4 Å². The lowest BCUT2D eigenvalue weighted by atomic mass is 10.0. The number of allylic oxidation sites excluding steroid dienone is 16. The minimum absolute atomic E-state index is 0.0877. The summed E-state index contributed by atoms with van der Waals surface area (Å²) < 4.78 is 17.0. The van der Waals surface area contributed by atoms with Crippen LogP contribution in [0.15, 0.2) is 97.2 Å². The quantitative estimate of drug-likeness (QED) is 0.0261. The number of esters is 3. The van der Waals surface area contributed by atoms with Crippen LogP contribution in [0.2, 0.25) is 0 Å². The highest BCUT2D eigenvalue weighted by Crippen LogP contribution is 2.16. The van der Waals surface area contributed by atoms with Gasteiger partial charge in [-0.05, 0) is 128 Å². The lowest BCUT2D eigenvalue weighted by molar-refractivity contribution is -0.167. The Morgan fingerprint density at radius 3 is 0.716 bits per heavy atom. The molecule has 466 valence electrons. The fourth-order valence-electron chi connectivity index (χ4n) is 9.78. The van der Waals surface area contributed by atoms with E-state index in [1.54, 1.807) is 0 Å². The molecule has 0 rings (SSSR count). The Kier molecular flexibility index (Phi) is 65.7. The molecule has 0 aliphatic rings. The van der Waals surface area contributed by atoms with Crippen LogP contribution in [-0.4, -0.2) is 37.2 Å². The maximum atomic E-state index is 12.9. The van der Waals surface area contributed by atoms with Crippen LogP contribution in [0, 0.1) is 0 Å². The third kappa shape index (κ3) is 67.0. The molecule has 0 saturated heterocycles. The van der Waals surface area contributed by atoms with Gasteiger partial charge in [0, 0.05) is 19.3 Å². The second kappa shape index (κ2) is 68.8. The molecule has 0 aromatic carbocycles. The highest BCUT2D eigenvalue weighted by atomic mass is 16.6. The van der Waals surface area contributed by atoms with E-state index in [-0.39, 0.29) is 31.1 Å². The Labute approximate surface area is 502 Å². The van der Waals surface area contributed by atoms with Crippen LogP contribution in [0.3, 0.4) is 0 Å². The fraction of sp³-hybridized carbons (Fsp3) is 0.747. The van der Waals surface area contributed by atoms with Crippen LogP contribution in [-0.2, 0) is 28.6 Å². The second-order valence-corrected chi connectivity index (χ2v) is 23.1. The van der Waals surface area contributed by atoms with Gasteiger partial charge in [-0.15, -0.1) is 0 Å². The fourth-order valence-corrected chi connectivity index (χ4v) is 9.78. The molecule has 81 heavy (non-hydrogen) atoms. The molecule has 6 nitrogen and oxygen atoms in total. The van der Waals surface area contributed by atoms with Crippen molar-refractivity contribution in [1.29, 1.82) is 0 Å².